The summed E-state index contributed by atoms with van der Waals surface area (Å²) in [6.45, 7) is 8.44. The van der Waals surface area contributed by atoms with Crippen molar-refractivity contribution < 1.29 is 24.1 Å². The van der Waals surface area contributed by atoms with Gasteiger partial charge in [-0.3, -0.25) is 14.6 Å². The van der Waals surface area contributed by atoms with E-state index in [1.54, 1.807) is 18.1 Å². The van der Waals surface area contributed by atoms with Gasteiger partial charge in [0.1, 0.15) is 23.7 Å². The van der Waals surface area contributed by atoms with Crippen LogP contribution in [0.2, 0.25) is 0 Å². The van der Waals surface area contributed by atoms with E-state index < -0.39 is 6.10 Å². The number of hydrogen-bond donors (Lipinski definition) is 1. The first-order valence-electron chi connectivity index (χ1n) is 13.4. The van der Waals surface area contributed by atoms with Crippen LogP contribution in [0.25, 0.3) is 0 Å². The van der Waals surface area contributed by atoms with Crippen molar-refractivity contribution >= 4 is 5.91 Å². The molecule has 1 fully saturated rings. The number of fused-ring (bicyclic) bond motifs is 2. The normalized spacial score (nSPS) is 23.2. The summed E-state index contributed by atoms with van der Waals surface area (Å²) in [4.78, 5) is 19.8. The number of methoxy groups -OCH3 is 1. The third-order valence-electron chi connectivity index (χ3n) is 7.53. The summed E-state index contributed by atoms with van der Waals surface area (Å²) in [5.41, 5.74) is 3.23. The zero-order chi connectivity index (χ0) is 25.8. The van der Waals surface area contributed by atoms with Crippen LogP contribution in [0.5, 0.6) is 11.5 Å². The van der Waals surface area contributed by atoms with Crippen LogP contribution >= 0.6 is 0 Å². The van der Waals surface area contributed by atoms with Crippen molar-refractivity contribution in [3.8, 4) is 11.5 Å². The van der Waals surface area contributed by atoms with Gasteiger partial charge in [-0.15, -0.1) is 0 Å². The fourth-order valence-corrected chi connectivity index (χ4v) is 5.65. The predicted octanol–water partition coefficient (Wildman–Crippen LogP) is 2.43. The number of hydrogen-bond acceptors (Lipinski definition) is 7. The molecule has 8 heteroatoms. The van der Waals surface area contributed by atoms with Crippen molar-refractivity contribution in [1.29, 1.82) is 0 Å². The molecule has 0 bridgehead atoms. The maximum absolute atomic E-state index is 13.4. The lowest BCUT2D eigenvalue weighted by atomic mass is 10.00. The molecule has 0 spiro atoms. The molecule has 3 heterocycles. The van der Waals surface area contributed by atoms with Gasteiger partial charge in [0.2, 0.25) is 0 Å². The van der Waals surface area contributed by atoms with Gasteiger partial charge in [0.05, 0.1) is 24.8 Å². The van der Waals surface area contributed by atoms with E-state index in [4.69, 9.17) is 14.2 Å². The van der Waals surface area contributed by atoms with Crippen LogP contribution in [-0.4, -0.2) is 104 Å². The molecule has 5 rings (SSSR count). The monoisotopic (exact) mass is 509 g/mol. The Hall–Kier alpha value is -2.65. The number of ether oxygens (including phenoxy) is 3. The molecule has 1 N–H and O–H groups in total. The molecular formula is C29H39N3O5. The molecule has 2 aromatic rings. The molecular weight excluding hydrogens is 470 g/mol. The number of likely N-dealkylation sites (tertiary alicyclic amines) is 1. The second-order valence-electron chi connectivity index (χ2n) is 10.5. The number of aliphatic hydroxyl groups is 1. The van der Waals surface area contributed by atoms with Gasteiger partial charge in [-0.1, -0.05) is 24.3 Å². The van der Waals surface area contributed by atoms with E-state index in [0.29, 0.717) is 24.4 Å². The molecule has 0 saturated carbocycles. The fourth-order valence-electron chi connectivity index (χ4n) is 5.65. The Kier molecular flexibility index (Phi) is 8.30. The van der Waals surface area contributed by atoms with Crippen LogP contribution < -0.4 is 9.47 Å². The lowest BCUT2D eigenvalue weighted by molar-refractivity contribution is 0.0454. The average molecular weight is 510 g/mol. The molecule has 37 heavy (non-hydrogen) atoms. The Morgan fingerprint density at radius 3 is 2.76 bits per heavy atom. The minimum atomic E-state index is -0.631. The highest BCUT2D eigenvalue weighted by atomic mass is 16.5. The second-order valence-corrected chi connectivity index (χ2v) is 10.5. The Labute approximate surface area is 219 Å². The third-order valence-corrected chi connectivity index (χ3v) is 7.53. The second kappa shape index (κ2) is 11.8. The van der Waals surface area contributed by atoms with Gasteiger partial charge < -0.3 is 24.2 Å². The highest BCUT2D eigenvalue weighted by molar-refractivity contribution is 5.97. The fraction of sp³-hybridized carbons (Fsp3) is 0.552. The van der Waals surface area contributed by atoms with Gasteiger partial charge >= 0.3 is 0 Å². The van der Waals surface area contributed by atoms with Gasteiger partial charge in [0, 0.05) is 59.0 Å². The third kappa shape index (κ3) is 6.44. The first-order valence-corrected chi connectivity index (χ1v) is 13.4. The Bertz CT molecular complexity index is 1080. The predicted molar refractivity (Wildman–Crippen MR) is 141 cm³/mol. The number of carbonyl (C=O) groups is 1. The zero-order valence-corrected chi connectivity index (χ0v) is 22.0. The first-order chi connectivity index (χ1) is 18.0. The molecule has 1 amide bonds. The van der Waals surface area contributed by atoms with E-state index in [1.807, 2.05) is 19.1 Å². The minimum Gasteiger partial charge on any atom is -0.489 e. The van der Waals surface area contributed by atoms with Gasteiger partial charge in [0.15, 0.2) is 0 Å². The molecule has 200 valence electrons. The summed E-state index contributed by atoms with van der Waals surface area (Å²) in [6, 6.07) is 14.0. The smallest absolute Gasteiger partial charge is 0.257 e. The molecule has 3 aliphatic rings. The van der Waals surface area contributed by atoms with Crippen LogP contribution in [0, 0.1) is 0 Å². The van der Waals surface area contributed by atoms with E-state index in [1.165, 1.54) is 11.1 Å². The summed E-state index contributed by atoms with van der Waals surface area (Å²) < 4.78 is 17.6. The van der Waals surface area contributed by atoms with E-state index >= 15 is 0 Å². The number of benzene rings is 2. The lowest BCUT2D eigenvalue weighted by Crippen LogP contribution is -2.45. The molecule has 8 nitrogen and oxygen atoms in total. The van der Waals surface area contributed by atoms with Crippen molar-refractivity contribution in [2.75, 3.05) is 59.5 Å². The maximum Gasteiger partial charge on any atom is 0.257 e. The first kappa shape index (κ1) is 26.0. The Morgan fingerprint density at radius 2 is 1.92 bits per heavy atom. The molecule has 3 aliphatic heterocycles. The number of aliphatic hydroxyl groups excluding tert-OH is 1. The number of nitrogens with zero attached hydrogens (tertiary/aromatic N) is 3. The Morgan fingerprint density at radius 1 is 1.08 bits per heavy atom. The average Bonchev–Trinajstić information content (AvgIpc) is 3.29. The molecule has 1 unspecified atom stereocenters. The number of carbonyl (C=O) groups excluding carboxylic acids is 1. The van der Waals surface area contributed by atoms with E-state index in [9.17, 15) is 9.90 Å². The molecule has 0 radical (unpaired) electrons. The van der Waals surface area contributed by atoms with Crippen molar-refractivity contribution in [3.63, 3.8) is 0 Å². The summed E-state index contributed by atoms with van der Waals surface area (Å²) in [7, 11) is 1.72. The highest BCUT2D eigenvalue weighted by Gasteiger charge is 2.30. The van der Waals surface area contributed by atoms with Crippen molar-refractivity contribution in [2.24, 2.45) is 0 Å². The number of rotatable bonds is 9. The highest BCUT2D eigenvalue weighted by Crippen LogP contribution is 2.31. The standard InChI is InChI=1S/C29H39N3O5/c1-21-16-32(19-24(33)18-31-11-9-22-5-3-4-6-23(22)17-31)29(34)27-8-7-25(15-28(27)36-21)37-26-10-12-30(20-26)13-14-35-2/h3-8,15,21,24,26,33H,9-14,16-20H2,1-2H3/t21-,24?,26-/m1/s1. The molecule has 3 atom stereocenters. The topological polar surface area (TPSA) is 74.7 Å². The zero-order valence-electron chi connectivity index (χ0n) is 22.0. The van der Waals surface area contributed by atoms with Crippen LogP contribution in [0.15, 0.2) is 42.5 Å². The van der Waals surface area contributed by atoms with Crippen LogP contribution in [-0.2, 0) is 17.7 Å². The molecule has 0 aliphatic carbocycles. The number of β-amino-alcohol motifs (C(OH)–C–C–N with tert-alkyl or cyclic N) is 1. The van der Waals surface area contributed by atoms with E-state index in [-0.39, 0.29) is 24.7 Å². The SMILES string of the molecule is COCCN1CC[C@@H](Oc2ccc3c(c2)O[C@H](C)CN(CC(O)CN2CCc4ccccc4C2)C3=O)C1. The van der Waals surface area contributed by atoms with E-state index in [2.05, 4.69) is 34.1 Å². The summed E-state index contributed by atoms with van der Waals surface area (Å²) in [6.07, 6.45) is 1.24. The molecule has 0 aromatic heterocycles. The molecule has 1 saturated heterocycles. The van der Waals surface area contributed by atoms with Crippen molar-refractivity contribution in [1.82, 2.24) is 14.7 Å². The van der Waals surface area contributed by atoms with Gasteiger partial charge in [-0.2, -0.15) is 0 Å². The Balaban J connectivity index is 1.19. The van der Waals surface area contributed by atoms with Crippen molar-refractivity contribution in [2.45, 2.75) is 44.6 Å². The summed E-state index contributed by atoms with van der Waals surface area (Å²) in [5, 5.41) is 10.9. The van der Waals surface area contributed by atoms with Crippen molar-refractivity contribution in [3.05, 3.63) is 59.2 Å². The van der Waals surface area contributed by atoms with Crippen LogP contribution in [0.1, 0.15) is 34.8 Å². The van der Waals surface area contributed by atoms with Gasteiger partial charge in [-0.05, 0) is 43.0 Å². The quantitative estimate of drug-likeness (QED) is 0.557. The summed E-state index contributed by atoms with van der Waals surface area (Å²) in [5.74, 6) is 1.16. The van der Waals surface area contributed by atoms with E-state index in [0.717, 1.165) is 57.9 Å². The van der Waals surface area contributed by atoms with Crippen LogP contribution in [0.4, 0.5) is 0 Å². The largest absolute Gasteiger partial charge is 0.489 e. The minimum absolute atomic E-state index is 0.111. The lowest BCUT2D eigenvalue weighted by Gasteiger charge is -2.32. The van der Waals surface area contributed by atoms with Gasteiger partial charge in [0.25, 0.3) is 5.91 Å². The van der Waals surface area contributed by atoms with Crippen LogP contribution in [0.3, 0.4) is 0 Å². The maximum atomic E-state index is 13.4. The number of amides is 1. The molecule has 2 aromatic carbocycles. The summed E-state index contributed by atoms with van der Waals surface area (Å²) >= 11 is 0. The van der Waals surface area contributed by atoms with Gasteiger partial charge in [-0.25, -0.2) is 0 Å².